The van der Waals surface area contributed by atoms with Gasteiger partial charge in [0.15, 0.2) is 6.29 Å². The summed E-state index contributed by atoms with van der Waals surface area (Å²) in [5, 5.41) is 29.5. The monoisotopic (exact) mass is 462 g/mol. The van der Waals surface area contributed by atoms with Crippen molar-refractivity contribution < 1.29 is 68.7 Å². The molecule has 176 valence electrons. The number of carbonyl (C=O) groups excluding carboxylic acids is 3. The number of rotatable bonds is 8. The molecule has 0 fully saturated rings. The Hall–Kier alpha value is -0.830. The zero-order valence-electron chi connectivity index (χ0n) is 19.7. The smallest absolute Gasteiger partial charge is 0.461 e. The number of hydrogen-bond acceptors (Lipinski definition) is 8. The molecule has 0 radical (unpaired) electrons. The molecule has 0 spiro atoms. The SMILES string of the molecule is O=C=O.[CH2-]C(O)OC(O)CC[C@H]1[C@@H](C)C=CC2=C[C@@H](O)CC(OC(=O)[C@@H](C)CC)[C@@]21C.[Na+]. The Balaban J connectivity index is 0.00000227. The third-order valence-corrected chi connectivity index (χ3v) is 6.41. The Bertz CT molecular complexity index is 685. The number of aliphatic hydroxyl groups is 3. The van der Waals surface area contributed by atoms with Crippen molar-refractivity contribution in [2.45, 2.75) is 78.2 Å². The van der Waals surface area contributed by atoms with Crippen molar-refractivity contribution in [3.05, 3.63) is 30.7 Å². The van der Waals surface area contributed by atoms with Crippen molar-refractivity contribution in [2.75, 3.05) is 0 Å². The van der Waals surface area contributed by atoms with Gasteiger partial charge in [-0.1, -0.05) is 45.9 Å². The Kier molecular flexibility index (Phi) is 14.1. The Labute approximate surface area is 212 Å². The molecule has 0 aliphatic heterocycles. The minimum Gasteiger partial charge on any atom is -0.461 e. The van der Waals surface area contributed by atoms with Crippen LogP contribution in [0.4, 0.5) is 0 Å². The van der Waals surface area contributed by atoms with Crippen LogP contribution in [0.25, 0.3) is 0 Å². The molecular weight excluding hydrogens is 427 g/mol. The molecule has 0 aromatic rings. The molecule has 2 rings (SSSR count). The largest absolute Gasteiger partial charge is 1.00 e. The van der Waals surface area contributed by atoms with Crippen molar-refractivity contribution in [1.29, 1.82) is 0 Å². The second kappa shape index (κ2) is 14.4. The zero-order chi connectivity index (χ0) is 23.8. The quantitative estimate of drug-likeness (QED) is 0.184. The van der Waals surface area contributed by atoms with Gasteiger partial charge in [0.2, 0.25) is 0 Å². The van der Waals surface area contributed by atoms with E-state index in [4.69, 9.17) is 19.1 Å². The summed E-state index contributed by atoms with van der Waals surface area (Å²) in [6.45, 7) is 11.3. The number of esters is 1. The zero-order valence-corrected chi connectivity index (χ0v) is 21.7. The summed E-state index contributed by atoms with van der Waals surface area (Å²) in [6, 6.07) is 0. The number of ether oxygens (including phenoxy) is 2. The normalized spacial score (nSPS) is 31.3. The first-order valence-electron chi connectivity index (χ1n) is 10.6. The maximum Gasteiger partial charge on any atom is 1.00 e. The van der Waals surface area contributed by atoms with Gasteiger partial charge in [0, 0.05) is 18.1 Å². The molecule has 32 heavy (non-hydrogen) atoms. The second-order valence-corrected chi connectivity index (χ2v) is 8.47. The van der Waals surface area contributed by atoms with Crippen LogP contribution in [-0.2, 0) is 23.9 Å². The van der Waals surface area contributed by atoms with Crippen LogP contribution in [0.1, 0.15) is 53.4 Å². The molecule has 3 unspecified atom stereocenters. The number of carbonyl (C=O) groups is 1. The van der Waals surface area contributed by atoms with E-state index in [-0.39, 0.29) is 59.4 Å². The van der Waals surface area contributed by atoms with E-state index in [1.54, 1.807) is 0 Å². The van der Waals surface area contributed by atoms with Gasteiger partial charge in [-0.25, -0.2) is 0 Å². The number of allylic oxidation sites excluding steroid dienone is 2. The molecule has 9 heteroatoms. The molecule has 0 aromatic carbocycles. The Morgan fingerprint density at radius 1 is 1.38 bits per heavy atom. The average Bonchev–Trinajstić information content (AvgIpc) is 2.68. The van der Waals surface area contributed by atoms with E-state index in [0.717, 1.165) is 5.57 Å². The third-order valence-electron chi connectivity index (χ3n) is 6.41. The number of fused-ring (bicyclic) bond motifs is 1. The third kappa shape index (κ3) is 8.19. The summed E-state index contributed by atoms with van der Waals surface area (Å²) in [6.07, 6.45) is 4.69. The van der Waals surface area contributed by atoms with Crippen LogP contribution in [0.15, 0.2) is 23.8 Å². The van der Waals surface area contributed by atoms with Crippen molar-refractivity contribution in [1.82, 2.24) is 0 Å². The molecule has 0 heterocycles. The van der Waals surface area contributed by atoms with Crippen molar-refractivity contribution in [3.8, 4) is 0 Å². The van der Waals surface area contributed by atoms with E-state index in [0.29, 0.717) is 25.7 Å². The van der Waals surface area contributed by atoms with Crippen LogP contribution in [-0.4, -0.2) is 52.2 Å². The fourth-order valence-corrected chi connectivity index (χ4v) is 4.46. The van der Waals surface area contributed by atoms with Gasteiger partial charge in [0.05, 0.1) is 12.0 Å². The fourth-order valence-electron chi connectivity index (χ4n) is 4.46. The van der Waals surface area contributed by atoms with Gasteiger partial charge >= 0.3 is 41.7 Å². The van der Waals surface area contributed by atoms with E-state index in [1.165, 1.54) is 0 Å². The fraction of sp³-hybridized carbons (Fsp3) is 0.696. The van der Waals surface area contributed by atoms with Gasteiger partial charge in [-0.2, -0.15) is 9.59 Å². The van der Waals surface area contributed by atoms with Gasteiger partial charge in [0.1, 0.15) is 6.10 Å². The summed E-state index contributed by atoms with van der Waals surface area (Å²) in [7, 11) is 0. The summed E-state index contributed by atoms with van der Waals surface area (Å²) >= 11 is 0. The first kappa shape index (κ1) is 31.2. The van der Waals surface area contributed by atoms with E-state index >= 15 is 0 Å². The molecular formula is C23H35NaO8. The van der Waals surface area contributed by atoms with Crippen LogP contribution in [0, 0.1) is 30.1 Å². The van der Waals surface area contributed by atoms with Gasteiger partial charge in [0.25, 0.3) is 0 Å². The predicted octanol–water partition coefficient (Wildman–Crippen LogP) is -0.848. The summed E-state index contributed by atoms with van der Waals surface area (Å²) in [5.41, 5.74) is 0.489. The van der Waals surface area contributed by atoms with E-state index in [2.05, 4.69) is 26.8 Å². The van der Waals surface area contributed by atoms with Crippen molar-refractivity contribution in [3.63, 3.8) is 0 Å². The van der Waals surface area contributed by atoms with Crippen LogP contribution in [0.5, 0.6) is 0 Å². The minimum absolute atomic E-state index is 0. The molecule has 2 aliphatic rings. The molecule has 0 bridgehead atoms. The van der Waals surface area contributed by atoms with Gasteiger partial charge < -0.3 is 24.8 Å². The summed E-state index contributed by atoms with van der Waals surface area (Å²) in [4.78, 5) is 28.8. The maximum absolute atomic E-state index is 12.5. The van der Waals surface area contributed by atoms with Crippen LogP contribution in [0.2, 0.25) is 0 Å². The van der Waals surface area contributed by atoms with Gasteiger partial charge in [-0.3, -0.25) is 11.7 Å². The number of aliphatic hydroxyl groups excluding tert-OH is 3. The first-order chi connectivity index (χ1) is 14.5. The van der Waals surface area contributed by atoms with Gasteiger partial charge in [-0.05, 0) is 36.7 Å². The van der Waals surface area contributed by atoms with Gasteiger partial charge in [-0.15, -0.1) is 0 Å². The summed E-state index contributed by atoms with van der Waals surface area (Å²) in [5.74, 6) is -0.171. The van der Waals surface area contributed by atoms with E-state index in [1.807, 2.05) is 26.0 Å². The molecule has 0 saturated heterocycles. The maximum atomic E-state index is 12.5. The molecule has 8 nitrogen and oxygen atoms in total. The average molecular weight is 463 g/mol. The van der Waals surface area contributed by atoms with Crippen LogP contribution in [0.3, 0.4) is 0 Å². The summed E-state index contributed by atoms with van der Waals surface area (Å²) < 4.78 is 10.9. The van der Waals surface area contributed by atoms with Crippen molar-refractivity contribution in [2.24, 2.45) is 23.2 Å². The van der Waals surface area contributed by atoms with E-state index < -0.39 is 30.2 Å². The molecule has 3 N–H and O–H groups in total. The molecule has 0 saturated carbocycles. The van der Waals surface area contributed by atoms with Crippen molar-refractivity contribution >= 4 is 12.1 Å². The standard InChI is InChI=1S/C22H35O6.CO2.Na/c1-6-13(2)21(26)28-19-12-17(24)11-16-8-7-14(3)18(22(16,19)5)9-10-20(25)27-15(4)23;2-1-3;/h7-8,11,13-15,17-20,23-25H,4,6,9-10,12H2,1-3,5H3;;/q-1;;+1/t13-,14-,15?,17+,18-,19?,20?,22-;;/m0../s1. The van der Waals surface area contributed by atoms with Crippen LogP contribution < -0.4 is 29.6 Å². The Morgan fingerprint density at radius 3 is 2.50 bits per heavy atom. The second-order valence-electron chi connectivity index (χ2n) is 8.47. The number of hydrogen-bond donors (Lipinski definition) is 3. The molecule has 2 aliphatic carbocycles. The van der Waals surface area contributed by atoms with E-state index in [9.17, 15) is 20.1 Å². The molecule has 8 atom stereocenters. The first-order valence-corrected chi connectivity index (χ1v) is 10.6. The minimum atomic E-state index is -1.28. The predicted molar refractivity (Wildman–Crippen MR) is 111 cm³/mol. The topological polar surface area (TPSA) is 130 Å². The Morgan fingerprint density at radius 2 is 1.97 bits per heavy atom. The molecule has 0 amide bonds. The van der Waals surface area contributed by atoms with Crippen LogP contribution >= 0.6 is 0 Å². The molecule has 0 aromatic heterocycles.